The fraction of sp³-hybridized carbons (Fsp3) is 0.222. The lowest BCUT2D eigenvalue weighted by atomic mass is 10.1. The number of carbonyl (C=O) groups is 2. The number of carbonyl (C=O) groups excluding carboxylic acids is 1. The van der Waals surface area contributed by atoms with Crippen molar-refractivity contribution in [2.45, 2.75) is 6.10 Å². The number of hydrogen-bond donors (Lipinski definition) is 1. The Morgan fingerprint density at radius 3 is 2.58 bits per heavy atom. The van der Waals surface area contributed by atoms with Crippen LogP contribution >= 0.6 is 0 Å². The average molecular weight is 327 g/mol. The van der Waals surface area contributed by atoms with Crippen LogP contribution in [0, 0.1) is 0 Å². The summed E-state index contributed by atoms with van der Waals surface area (Å²) in [5, 5.41) is 9.02. The predicted molar refractivity (Wildman–Crippen MR) is 86.7 cm³/mol. The Hall–Kier alpha value is -3.02. The van der Waals surface area contributed by atoms with Crippen molar-refractivity contribution in [3.05, 3.63) is 59.7 Å². The number of fused-ring (bicyclic) bond motifs is 1. The van der Waals surface area contributed by atoms with E-state index in [0.717, 1.165) is 0 Å². The van der Waals surface area contributed by atoms with Gasteiger partial charge in [-0.25, -0.2) is 4.79 Å². The molecule has 1 aliphatic rings. The number of carboxylic acid groups (broad SMARTS) is 1. The summed E-state index contributed by atoms with van der Waals surface area (Å²) in [7, 11) is 1.65. The summed E-state index contributed by atoms with van der Waals surface area (Å²) < 4.78 is 11.5. The Bertz CT molecular complexity index is 774. The van der Waals surface area contributed by atoms with E-state index >= 15 is 0 Å². The van der Waals surface area contributed by atoms with Crippen LogP contribution in [0.2, 0.25) is 0 Å². The van der Waals surface area contributed by atoms with Gasteiger partial charge in [0.15, 0.2) is 17.6 Å². The van der Waals surface area contributed by atoms with Gasteiger partial charge in [-0.15, -0.1) is 0 Å². The van der Waals surface area contributed by atoms with Gasteiger partial charge < -0.3 is 19.5 Å². The van der Waals surface area contributed by atoms with E-state index in [2.05, 4.69) is 0 Å². The second kappa shape index (κ2) is 6.62. The minimum atomic E-state index is -1.06. The third-order valence-corrected chi connectivity index (χ3v) is 3.75. The van der Waals surface area contributed by atoms with E-state index in [9.17, 15) is 9.59 Å². The molecule has 0 spiro atoms. The molecule has 2 aromatic rings. The lowest BCUT2D eigenvalue weighted by Crippen LogP contribution is -2.41. The molecule has 0 saturated heterocycles. The van der Waals surface area contributed by atoms with Crippen molar-refractivity contribution in [3.8, 4) is 11.5 Å². The zero-order valence-electron chi connectivity index (χ0n) is 13.1. The van der Waals surface area contributed by atoms with E-state index in [1.165, 1.54) is 17.0 Å². The normalized spacial score (nSPS) is 15.6. The number of rotatable bonds is 4. The average Bonchev–Trinajstić information content (AvgIpc) is 2.61. The number of para-hydroxylation sites is 2. The molecule has 0 aliphatic carbocycles. The van der Waals surface area contributed by atoms with Crippen molar-refractivity contribution in [2.75, 3.05) is 20.2 Å². The van der Waals surface area contributed by atoms with Crippen LogP contribution in [0.15, 0.2) is 48.5 Å². The van der Waals surface area contributed by atoms with Crippen LogP contribution in [0.3, 0.4) is 0 Å². The first-order chi connectivity index (χ1) is 11.5. The number of aromatic carboxylic acids is 1. The molecule has 0 bridgehead atoms. The van der Waals surface area contributed by atoms with Crippen LogP contribution in [-0.4, -0.2) is 48.2 Å². The van der Waals surface area contributed by atoms with E-state index < -0.39 is 5.97 Å². The predicted octanol–water partition coefficient (Wildman–Crippen LogP) is 2.30. The van der Waals surface area contributed by atoms with Gasteiger partial charge in [0, 0.05) is 12.6 Å². The minimum absolute atomic E-state index is 0.0837. The second-order valence-corrected chi connectivity index (χ2v) is 5.57. The highest BCUT2D eigenvalue weighted by molar-refractivity contribution is 5.97. The molecule has 0 radical (unpaired) electrons. The Labute approximate surface area is 139 Å². The highest BCUT2D eigenvalue weighted by Crippen LogP contribution is 2.31. The summed E-state index contributed by atoms with van der Waals surface area (Å²) in [6, 6.07) is 13.4. The standard InChI is InChI=1S/C18H17NO5/c1-19(17(20)12-5-4-6-13(9-12)18(21)22)10-14-11-23-15-7-2-3-8-16(15)24-14/h2-9,14H,10-11H2,1H3,(H,21,22). The van der Waals surface area contributed by atoms with Crippen LogP contribution in [0.25, 0.3) is 0 Å². The van der Waals surface area contributed by atoms with Crippen LogP contribution in [0.1, 0.15) is 20.7 Å². The maximum atomic E-state index is 12.5. The molecule has 2 aromatic carbocycles. The monoisotopic (exact) mass is 327 g/mol. The van der Waals surface area contributed by atoms with Gasteiger partial charge in [0.2, 0.25) is 0 Å². The van der Waals surface area contributed by atoms with Gasteiger partial charge in [-0.1, -0.05) is 18.2 Å². The van der Waals surface area contributed by atoms with Gasteiger partial charge in [-0.05, 0) is 30.3 Å². The summed E-state index contributed by atoms with van der Waals surface area (Å²) in [4.78, 5) is 25.0. The molecule has 0 aromatic heterocycles. The molecular formula is C18H17NO5. The largest absolute Gasteiger partial charge is 0.486 e. The van der Waals surface area contributed by atoms with E-state index in [0.29, 0.717) is 30.2 Å². The molecule has 1 atom stereocenters. The minimum Gasteiger partial charge on any atom is -0.486 e. The van der Waals surface area contributed by atoms with Crippen LogP contribution in [0.5, 0.6) is 11.5 Å². The third-order valence-electron chi connectivity index (χ3n) is 3.75. The van der Waals surface area contributed by atoms with Crippen molar-refractivity contribution in [2.24, 2.45) is 0 Å². The lowest BCUT2D eigenvalue weighted by molar-refractivity contribution is 0.0521. The van der Waals surface area contributed by atoms with Gasteiger partial charge in [0.25, 0.3) is 5.91 Å². The first-order valence-corrected chi connectivity index (χ1v) is 7.52. The van der Waals surface area contributed by atoms with E-state index in [1.807, 2.05) is 24.3 Å². The fourth-order valence-corrected chi connectivity index (χ4v) is 2.55. The molecule has 1 aliphatic heterocycles. The van der Waals surface area contributed by atoms with Crippen LogP contribution < -0.4 is 9.47 Å². The van der Waals surface area contributed by atoms with Crippen LogP contribution in [0.4, 0.5) is 0 Å². The van der Waals surface area contributed by atoms with Crippen molar-refractivity contribution in [1.29, 1.82) is 0 Å². The number of benzene rings is 2. The molecule has 24 heavy (non-hydrogen) atoms. The van der Waals surface area contributed by atoms with E-state index in [-0.39, 0.29) is 17.6 Å². The van der Waals surface area contributed by atoms with Gasteiger partial charge >= 0.3 is 5.97 Å². The van der Waals surface area contributed by atoms with E-state index in [1.54, 1.807) is 19.2 Å². The molecule has 1 heterocycles. The number of nitrogens with zero attached hydrogens (tertiary/aromatic N) is 1. The Morgan fingerprint density at radius 2 is 1.83 bits per heavy atom. The Balaban J connectivity index is 1.67. The van der Waals surface area contributed by atoms with Crippen molar-refractivity contribution in [1.82, 2.24) is 4.90 Å². The molecule has 0 saturated carbocycles. The summed E-state index contributed by atoms with van der Waals surface area (Å²) in [6.45, 7) is 0.689. The molecule has 1 unspecified atom stereocenters. The van der Waals surface area contributed by atoms with Gasteiger partial charge in [0.1, 0.15) is 6.61 Å². The van der Waals surface area contributed by atoms with Gasteiger partial charge in [-0.3, -0.25) is 4.79 Å². The molecule has 6 heteroatoms. The quantitative estimate of drug-likeness (QED) is 0.932. The highest BCUT2D eigenvalue weighted by atomic mass is 16.6. The fourth-order valence-electron chi connectivity index (χ4n) is 2.55. The van der Waals surface area contributed by atoms with Crippen molar-refractivity contribution < 1.29 is 24.2 Å². The summed E-state index contributed by atoms with van der Waals surface area (Å²) >= 11 is 0. The zero-order valence-corrected chi connectivity index (χ0v) is 13.1. The first kappa shape index (κ1) is 15.9. The van der Waals surface area contributed by atoms with Crippen molar-refractivity contribution in [3.63, 3.8) is 0 Å². The third kappa shape index (κ3) is 3.32. The number of hydrogen-bond acceptors (Lipinski definition) is 4. The van der Waals surface area contributed by atoms with Crippen molar-refractivity contribution >= 4 is 11.9 Å². The molecule has 124 valence electrons. The molecule has 1 N–H and O–H groups in total. The van der Waals surface area contributed by atoms with E-state index in [4.69, 9.17) is 14.6 Å². The topological polar surface area (TPSA) is 76.1 Å². The lowest BCUT2D eigenvalue weighted by Gasteiger charge is -2.29. The molecular weight excluding hydrogens is 310 g/mol. The molecule has 0 fully saturated rings. The number of amides is 1. The second-order valence-electron chi connectivity index (χ2n) is 5.57. The smallest absolute Gasteiger partial charge is 0.335 e. The summed E-state index contributed by atoms with van der Waals surface area (Å²) in [5.74, 6) is 0.0212. The maximum absolute atomic E-state index is 12.5. The molecule has 3 rings (SSSR count). The summed E-state index contributed by atoms with van der Waals surface area (Å²) in [6.07, 6.45) is -0.281. The Kier molecular flexibility index (Phi) is 4.37. The highest BCUT2D eigenvalue weighted by Gasteiger charge is 2.24. The summed E-state index contributed by atoms with van der Waals surface area (Å²) in [5.41, 5.74) is 0.412. The van der Waals surface area contributed by atoms with Gasteiger partial charge in [-0.2, -0.15) is 0 Å². The zero-order chi connectivity index (χ0) is 17.1. The number of ether oxygens (including phenoxy) is 2. The number of likely N-dealkylation sites (N-methyl/N-ethyl adjacent to an activating group) is 1. The van der Waals surface area contributed by atoms with Crippen LogP contribution in [-0.2, 0) is 0 Å². The number of carboxylic acids is 1. The van der Waals surface area contributed by atoms with Gasteiger partial charge in [0.05, 0.1) is 12.1 Å². The first-order valence-electron chi connectivity index (χ1n) is 7.52. The maximum Gasteiger partial charge on any atom is 0.335 e. The molecule has 6 nitrogen and oxygen atoms in total. The molecule has 1 amide bonds. The Morgan fingerprint density at radius 1 is 1.12 bits per heavy atom. The SMILES string of the molecule is CN(CC1COc2ccccc2O1)C(=O)c1cccc(C(=O)O)c1.